The Bertz CT molecular complexity index is 2330. The van der Waals surface area contributed by atoms with E-state index in [1.54, 1.807) is 0 Å². The van der Waals surface area contributed by atoms with E-state index in [1.165, 1.54) is 20.3 Å². The normalized spacial score (nSPS) is 10.9. The van der Waals surface area contributed by atoms with Gasteiger partial charge in [0.05, 0.1) is 36.7 Å². The summed E-state index contributed by atoms with van der Waals surface area (Å²) in [4.78, 5) is 48.7. The zero-order valence-electron chi connectivity index (χ0n) is 27.9. The molecule has 0 spiro atoms. The summed E-state index contributed by atoms with van der Waals surface area (Å²) >= 11 is 0. The minimum absolute atomic E-state index is 0. The molecule has 0 aliphatic heterocycles. The summed E-state index contributed by atoms with van der Waals surface area (Å²) in [6, 6.07) is 4.38. The van der Waals surface area contributed by atoms with Crippen molar-refractivity contribution in [3.05, 3.63) is 112 Å². The number of methoxy groups -OCH3 is 2. The second kappa shape index (κ2) is 18.0. The molecule has 21 heteroatoms. The summed E-state index contributed by atoms with van der Waals surface area (Å²) in [5.74, 6) is 2.72. The van der Waals surface area contributed by atoms with Crippen molar-refractivity contribution in [2.45, 2.75) is 18.9 Å². The van der Waals surface area contributed by atoms with Gasteiger partial charge in [0.25, 0.3) is 11.1 Å². The van der Waals surface area contributed by atoms with Gasteiger partial charge in [-0.3, -0.25) is 18.7 Å². The van der Waals surface area contributed by atoms with E-state index in [2.05, 4.69) is 11.5 Å². The summed E-state index contributed by atoms with van der Waals surface area (Å²) in [6.45, 7) is 1.90. The third-order valence-corrected chi connectivity index (χ3v) is 7.33. The van der Waals surface area contributed by atoms with Crippen molar-refractivity contribution in [3.63, 3.8) is 0 Å². The topological polar surface area (TPSA) is 106 Å². The molecule has 2 aromatic heterocycles. The van der Waals surface area contributed by atoms with Gasteiger partial charge in [0, 0.05) is 50.5 Å². The Morgan fingerprint density at radius 2 is 1.06 bits per heavy atom. The van der Waals surface area contributed by atoms with E-state index in [9.17, 15) is 54.3 Å². The number of ether oxygens (including phenoxy) is 2. The molecule has 0 bridgehead atoms. The number of hydrogen-bond acceptors (Lipinski definition) is 6. The number of benzene rings is 2. The molecule has 2 aromatic carbocycles. The van der Waals surface area contributed by atoms with Crippen molar-refractivity contribution in [3.8, 4) is 46.7 Å². The van der Waals surface area contributed by atoms with Crippen LogP contribution >= 0.6 is 0 Å². The standard InChI is InChI=1S/C16H14F4N2O3Si.C15H10F4N2O3.FH.K/c1-21-13(16(18,19)20)8-14(23)22(15(21)24)11-7-10(17)9(4-5-26-3)6-12(11)25-2;1-4-8-5-11(24-3)10(6-9(8)16)21-13(22)7-12(15(17,18)19)20(2)14(21)23;;/h6-8H,26H2,1-3H3;1,5-7H,2-3H3;1H;/q;;;+1/p-1. The number of nitrogens with zero attached hydrogens (tertiary/aromatic N) is 4. The minimum atomic E-state index is -4.89. The van der Waals surface area contributed by atoms with Gasteiger partial charge in [-0.05, 0) is 0 Å². The van der Waals surface area contributed by atoms with Crippen LogP contribution in [0.5, 0.6) is 11.5 Å². The van der Waals surface area contributed by atoms with Gasteiger partial charge >= 0.3 is 75.1 Å². The van der Waals surface area contributed by atoms with Gasteiger partial charge in [0.2, 0.25) is 0 Å². The van der Waals surface area contributed by atoms with Crippen LogP contribution in [0.15, 0.2) is 55.6 Å². The fourth-order valence-corrected chi connectivity index (χ4v) is 4.76. The monoisotopic (exact) mass is 786 g/mol. The van der Waals surface area contributed by atoms with E-state index in [0.29, 0.717) is 9.13 Å². The molecule has 0 aliphatic rings. The zero-order chi connectivity index (χ0) is 37.9. The molecule has 0 unspecified atom stereocenters. The van der Waals surface area contributed by atoms with Crippen molar-refractivity contribution in [1.82, 2.24) is 18.3 Å². The summed E-state index contributed by atoms with van der Waals surface area (Å²) in [6.07, 6.45) is -4.67. The van der Waals surface area contributed by atoms with Crippen LogP contribution in [0.3, 0.4) is 0 Å². The fourth-order valence-electron chi connectivity index (χ4n) is 4.39. The largest absolute Gasteiger partial charge is 1.00 e. The summed E-state index contributed by atoms with van der Waals surface area (Å²) in [5, 5.41) is 0. The van der Waals surface area contributed by atoms with Crippen LogP contribution in [0.25, 0.3) is 11.4 Å². The number of alkyl halides is 6. The molecule has 0 saturated carbocycles. The van der Waals surface area contributed by atoms with E-state index < -0.39 is 67.4 Å². The molecule has 0 atom stereocenters. The van der Waals surface area contributed by atoms with Crippen LogP contribution in [0.2, 0.25) is 6.55 Å². The number of aromatic nitrogens is 4. The van der Waals surface area contributed by atoms with Crippen molar-refractivity contribution < 1.29 is 101 Å². The SMILES string of the molecule is C#Cc1cc(OC)c(-n2c(=O)cc(C(F)(F)F)n(C)c2=O)cc1F.COc1cc(C#C[SiH2]C)c(F)cc1-n1c(=O)cc(C(F)(F)F)n(C)c1=O.[F-].[K+]. The van der Waals surface area contributed by atoms with Crippen molar-refractivity contribution in [2.75, 3.05) is 14.2 Å². The Hall–Kier alpha value is -4.26. The van der Waals surface area contributed by atoms with E-state index in [4.69, 9.17) is 15.9 Å². The van der Waals surface area contributed by atoms with Gasteiger partial charge < -0.3 is 14.2 Å². The first kappa shape index (κ1) is 45.8. The summed E-state index contributed by atoms with van der Waals surface area (Å²) < 4.78 is 117. The molecule has 52 heavy (non-hydrogen) atoms. The number of halogens is 9. The Labute approximate surface area is 332 Å². The molecular weight excluding hydrogens is 763 g/mol. The smallest absolute Gasteiger partial charge is 1.00 e. The average Bonchev–Trinajstić information content (AvgIpc) is 3.03. The van der Waals surface area contributed by atoms with Crippen LogP contribution in [0, 0.1) is 35.4 Å². The van der Waals surface area contributed by atoms with Crippen LogP contribution < -0.4 is 88.1 Å². The van der Waals surface area contributed by atoms with Gasteiger partial charge in [0.15, 0.2) is 0 Å². The quantitative estimate of drug-likeness (QED) is 0.124. The molecule has 2 heterocycles. The van der Waals surface area contributed by atoms with Crippen LogP contribution in [0.4, 0.5) is 35.1 Å². The second-order valence-electron chi connectivity index (χ2n) is 9.89. The first-order valence-corrected chi connectivity index (χ1v) is 15.9. The van der Waals surface area contributed by atoms with Crippen LogP contribution in [0.1, 0.15) is 22.5 Å². The van der Waals surface area contributed by atoms with Gasteiger partial charge in [0.1, 0.15) is 44.0 Å². The van der Waals surface area contributed by atoms with Gasteiger partial charge in [-0.25, -0.2) is 27.5 Å². The second-order valence-corrected chi connectivity index (χ2v) is 11.0. The third-order valence-electron chi connectivity index (χ3n) is 6.80. The summed E-state index contributed by atoms with van der Waals surface area (Å²) in [7, 11) is 3.47. The maximum absolute atomic E-state index is 14.3. The molecule has 10 nitrogen and oxygen atoms in total. The van der Waals surface area contributed by atoms with Crippen LogP contribution in [-0.2, 0) is 26.4 Å². The van der Waals surface area contributed by atoms with E-state index >= 15 is 0 Å². The molecule has 272 valence electrons. The van der Waals surface area contributed by atoms with Crippen LogP contribution in [-0.4, -0.2) is 42.0 Å². The van der Waals surface area contributed by atoms with E-state index in [1.807, 2.05) is 12.5 Å². The average molecular weight is 787 g/mol. The minimum Gasteiger partial charge on any atom is -1.00 e. The van der Waals surface area contributed by atoms with Gasteiger partial charge in [-0.2, -0.15) is 26.3 Å². The molecule has 0 radical (unpaired) electrons. The molecule has 4 aromatic rings. The Morgan fingerprint density at radius 3 is 1.38 bits per heavy atom. The van der Waals surface area contributed by atoms with Crippen molar-refractivity contribution in [1.29, 1.82) is 0 Å². The molecule has 0 fully saturated rings. The molecule has 0 saturated heterocycles. The maximum atomic E-state index is 14.3. The van der Waals surface area contributed by atoms with Crippen molar-refractivity contribution >= 4 is 9.52 Å². The van der Waals surface area contributed by atoms with E-state index in [-0.39, 0.29) is 111 Å². The predicted octanol–water partition coefficient (Wildman–Crippen LogP) is -3.08. The zero-order valence-corrected chi connectivity index (χ0v) is 32.4. The Balaban J connectivity index is 0.000000502. The molecule has 0 amide bonds. The Morgan fingerprint density at radius 1 is 0.692 bits per heavy atom. The number of rotatable bonds is 4. The first-order valence-electron chi connectivity index (χ1n) is 13.7. The van der Waals surface area contributed by atoms with Gasteiger partial charge in [-0.15, -0.1) is 12.0 Å². The van der Waals surface area contributed by atoms with Gasteiger partial charge in [-0.1, -0.05) is 18.4 Å². The number of terminal acetylenes is 1. The van der Waals surface area contributed by atoms with Crippen molar-refractivity contribution in [2.24, 2.45) is 14.1 Å². The number of hydrogen-bond donors (Lipinski definition) is 0. The molecule has 4 rings (SSSR count). The maximum Gasteiger partial charge on any atom is 1.00 e. The summed E-state index contributed by atoms with van der Waals surface area (Å²) in [5.41, 5.74) is -5.97. The Kier molecular flexibility index (Phi) is 15.8. The van der Waals surface area contributed by atoms with E-state index in [0.717, 1.165) is 32.3 Å². The first-order chi connectivity index (χ1) is 23.2. The third kappa shape index (κ3) is 9.59. The molecular formula is C31H24F9KN4O6Si. The molecule has 0 aliphatic carbocycles. The molecule has 0 N–H and O–H groups in total. The fraction of sp³-hybridized carbons (Fsp3) is 0.226. The predicted molar refractivity (Wildman–Crippen MR) is 167 cm³/mol.